The zero-order chi connectivity index (χ0) is 17.7. The second kappa shape index (κ2) is 7.98. The van der Waals surface area contributed by atoms with Crippen molar-refractivity contribution in [3.8, 4) is 0 Å². The number of hydrogen-bond donors (Lipinski definition) is 0. The van der Waals surface area contributed by atoms with Crippen LogP contribution in [0.15, 0.2) is 24.3 Å². The van der Waals surface area contributed by atoms with E-state index in [2.05, 4.69) is 4.74 Å². The van der Waals surface area contributed by atoms with Crippen LogP contribution in [0.5, 0.6) is 0 Å². The van der Waals surface area contributed by atoms with Crippen molar-refractivity contribution in [2.24, 2.45) is 0 Å². The van der Waals surface area contributed by atoms with Gasteiger partial charge >= 0.3 is 5.97 Å². The van der Waals surface area contributed by atoms with Crippen LogP contribution in [0, 0.1) is 0 Å². The molecular formula is C16H20ClNO5S. The van der Waals surface area contributed by atoms with Gasteiger partial charge in [-0.25, -0.2) is 8.42 Å². The summed E-state index contributed by atoms with van der Waals surface area (Å²) < 4.78 is 28.0. The molecule has 8 heteroatoms. The molecule has 1 saturated heterocycles. The molecule has 1 aromatic rings. The third-order valence-electron chi connectivity index (χ3n) is 4.02. The van der Waals surface area contributed by atoms with Crippen molar-refractivity contribution >= 4 is 33.3 Å². The lowest BCUT2D eigenvalue weighted by molar-refractivity contribution is -0.142. The lowest BCUT2D eigenvalue weighted by Gasteiger charge is -2.28. The first-order valence-corrected chi connectivity index (χ1v) is 9.82. The van der Waals surface area contributed by atoms with Crippen LogP contribution in [-0.2, 0) is 30.6 Å². The van der Waals surface area contributed by atoms with E-state index in [0.29, 0.717) is 11.4 Å². The van der Waals surface area contributed by atoms with Gasteiger partial charge in [-0.15, -0.1) is 0 Å². The topological polar surface area (TPSA) is 80.8 Å². The van der Waals surface area contributed by atoms with Crippen molar-refractivity contribution in [3.05, 3.63) is 34.9 Å². The summed E-state index contributed by atoms with van der Waals surface area (Å²) in [6.45, 7) is 0.152. The van der Waals surface area contributed by atoms with Gasteiger partial charge in [0.25, 0.3) is 0 Å². The normalized spacial score (nSPS) is 19.0. The molecule has 0 radical (unpaired) electrons. The Morgan fingerprint density at radius 1 is 1.29 bits per heavy atom. The van der Waals surface area contributed by atoms with Gasteiger partial charge in [0.1, 0.15) is 0 Å². The highest BCUT2D eigenvalue weighted by Gasteiger charge is 2.34. The minimum absolute atomic E-state index is 0.0411. The summed E-state index contributed by atoms with van der Waals surface area (Å²) in [5, 5.41) is 0.579. The van der Waals surface area contributed by atoms with Crippen molar-refractivity contribution in [2.75, 3.05) is 25.2 Å². The highest BCUT2D eigenvalue weighted by molar-refractivity contribution is 7.91. The smallest absolute Gasteiger partial charge is 0.307 e. The Morgan fingerprint density at radius 2 is 1.96 bits per heavy atom. The van der Waals surface area contributed by atoms with Crippen LogP contribution in [0.25, 0.3) is 0 Å². The van der Waals surface area contributed by atoms with Gasteiger partial charge in [0.15, 0.2) is 9.84 Å². The fraction of sp³-hybridized carbons (Fsp3) is 0.500. The first-order valence-electron chi connectivity index (χ1n) is 7.62. The summed E-state index contributed by atoms with van der Waals surface area (Å²) in [7, 11) is -1.84. The summed E-state index contributed by atoms with van der Waals surface area (Å²) in [6.07, 6.45) is 0.574. The number of rotatable bonds is 6. The molecule has 1 aliphatic rings. The van der Waals surface area contributed by atoms with E-state index < -0.39 is 15.8 Å². The van der Waals surface area contributed by atoms with Crippen molar-refractivity contribution in [1.82, 2.24) is 4.90 Å². The molecule has 0 saturated carbocycles. The van der Waals surface area contributed by atoms with Crippen LogP contribution >= 0.6 is 11.6 Å². The van der Waals surface area contributed by atoms with Gasteiger partial charge in [-0.2, -0.15) is 0 Å². The molecule has 24 heavy (non-hydrogen) atoms. The zero-order valence-electron chi connectivity index (χ0n) is 13.4. The number of sulfone groups is 1. The Balaban J connectivity index is 2.10. The van der Waals surface area contributed by atoms with Crippen molar-refractivity contribution in [2.45, 2.75) is 25.3 Å². The van der Waals surface area contributed by atoms with Gasteiger partial charge in [0.05, 0.1) is 31.5 Å². The number of methoxy groups -OCH3 is 1. The number of esters is 1. The monoisotopic (exact) mass is 373 g/mol. The second-order valence-corrected chi connectivity index (χ2v) is 8.44. The summed E-state index contributed by atoms with van der Waals surface area (Å²) in [5.41, 5.74) is 0.785. The van der Waals surface area contributed by atoms with Crippen LogP contribution < -0.4 is 0 Å². The van der Waals surface area contributed by atoms with E-state index in [4.69, 9.17) is 11.6 Å². The molecule has 1 atom stereocenters. The van der Waals surface area contributed by atoms with E-state index >= 15 is 0 Å². The highest BCUT2D eigenvalue weighted by Crippen LogP contribution is 2.20. The SMILES string of the molecule is COC(=O)CCN(C(=O)Cc1ccc(Cl)cc1)[C@@H]1CCS(=O)(=O)C1. The third-order valence-corrected chi connectivity index (χ3v) is 6.02. The summed E-state index contributed by atoms with van der Waals surface area (Å²) in [5.74, 6) is -0.621. The van der Waals surface area contributed by atoms with Gasteiger partial charge in [-0.3, -0.25) is 9.59 Å². The fourth-order valence-electron chi connectivity index (χ4n) is 2.72. The van der Waals surface area contributed by atoms with Crippen molar-refractivity contribution in [3.63, 3.8) is 0 Å². The quantitative estimate of drug-likeness (QED) is 0.705. The Hall–Kier alpha value is -1.60. The van der Waals surface area contributed by atoms with Crippen LogP contribution in [0.4, 0.5) is 0 Å². The lowest BCUT2D eigenvalue weighted by atomic mass is 10.1. The predicted octanol–water partition coefficient (Wildman–Crippen LogP) is 1.46. The molecule has 0 bridgehead atoms. The molecule has 2 rings (SSSR count). The molecule has 0 aliphatic carbocycles. The summed E-state index contributed by atoms with van der Waals surface area (Å²) in [6, 6.07) is 6.51. The Bertz CT molecular complexity index is 702. The Labute approximate surface area is 146 Å². The predicted molar refractivity (Wildman–Crippen MR) is 90.6 cm³/mol. The molecule has 0 N–H and O–H groups in total. The van der Waals surface area contributed by atoms with Crippen LogP contribution in [0.1, 0.15) is 18.4 Å². The van der Waals surface area contributed by atoms with E-state index in [0.717, 1.165) is 5.56 Å². The van der Waals surface area contributed by atoms with Gasteiger partial charge in [0.2, 0.25) is 5.91 Å². The molecule has 132 valence electrons. The molecule has 1 aromatic carbocycles. The molecule has 1 aliphatic heterocycles. The number of halogens is 1. The van der Waals surface area contributed by atoms with E-state index in [1.807, 2.05) is 0 Å². The van der Waals surface area contributed by atoms with Crippen molar-refractivity contribution in [1.29, 1.82) is 0 Å². The van der Waals surface area contributed by atoms with Crippen LogP contribution in [0.2, 0.25) is 5.02 Å². The molecule has 0 spiro atoms. The first kappa shape index (κ1) is 18.7. The molecule has 6 nitrogen and oxygen atoms in total. The van der Waals surface area contributed by atoms with Gasteiger partial charge in [-0.05, 0) is 24.1 Å². The minimum Gasteiger partial charge on any atom is -0.469 e. The molecular weight excluding hydrogens is 354 g/mol. The largest absolute Gasteiger partial charge is 0.469 e. The maximum atomic E-state index is 12.6. The standard InChI is InChI=1S/C16H20ClNO5S/c1-23-16(20)6-8-18(14-7-9-24(21,22)11-14)15(19)10-12-2-4-13(17)5-3-12/h2-5,14H,6-11H2,1H3/t14-/m1/s1. The lowest BCUT2D eigenvalue weighted by Crippen LogP contribution is -2.43. The number of amides is 1. The van der Waals surface area contributed by atoms with Crippen LogP contribution in [-0.4, -0.2) is 56.4 Å². The zero-order valence-corrected chi connectivity index (χ0v) is 15.0. The molecule has 1 amide bonds. The number of hydrogen-bond acceptors (Lipinski definition) is 5. The summed E-state index contributed by atoms with van der Waals surface area (Å²) in [4.78, 5) is 25.5. The Kier molecular flexibility index (Phi) is 6.23. The minimum atomic E-state index is -3.12. The maximum Gasteiger partial charge on any atom is 0.307 e. The fourth-order valence-corrected chi connectivity index (χ4v) is 4.58. The van der Waals surface area contributed by atoms with E-state index in [1.165, 1.54) is 12.0 Å². The molecule has 0 aromatic heterocycles. The average molecular weight is 374 g/mol. The second-order valence-electron chi connectivity index (χ2n) is 5.77. The number of carbonyl (C=O) groups is 2. The van der Waals surface area contributed by atoms with Gasteiger partial charge in [0, 0.05) is 17.6 Å². The van der Waals surface area contributed by atoms with Crippen LogP contribution in [0.3, 0.4) is 0 Å². The maximum absolute atomic E-state index is 12.6. The molecule has 1 heterocycles. The van der Waals surface area contributed by atoms with E-state index in [-0.39, 0.29) is 42.8 Å². The number of ether oxygens (including phenoxy) is 1. The Morgan fingerprint density at radius 3 is 2.50 bits per heavy atom. The molecule has 1 fully saturated rings. The van der Waals surface area contributed by atoms with Gasteiger partial charge < -0.3 is 9.64 Å². The number of benzene rings is 1. The molecule has 0 unspecified atom stereocenters. The number of nitrogens with zero attached hydrogens (tertiary/aromatic N) is 1. The average Bonchev–Trinajstić information content (AvgIpc) is 2.89. The summed E-state index contributed by atoms with van der Waals surface area (Å²) >= 11 is 5.83. The third kappa shape index (κ3) is 5.21. The van der Waals surface area contributed by atoms with E-state index in [1.54, 1.807) is 24.3 Å². The highest BCUT2D eigenvalue weighted by atomic mass is 35.5. The van der Waals surface area contributed by atoms with Gasteiger partial charge in [-0.1, -0.05) is 23.7 Å². The number of carbonyl (C=O) groups excluding carboxylic acids is 2. The van der Waals surface area contributed by atoms with E-state index in [9.17, 15) is 18.0 Å². The first-order chi connectivity index (χ1) is 11.3. The van der Waals surface area contributed by atoms with Crippen molar-refractivity contribution < 1.29 is 22.7 Å².